The Kier molecular flexibility index (Phi) is 12.2. The molecule has 1 aromatic heterocycles. The van der Waals surface area contributed by atoms with Crippen molar-refractivity contribution < 1.29 is 33.5 Å². The summed E-state index contributed by atoms with van der Waals surface area (Å²) in [6.45, 7) is 0.226. The molecule has 2 atom stereocenters. The first-order valence-electron chi connectivity index (χ1n) is 20.5. The number of oxime groups is 1. The van der Waals surface area contributed by atoms with Crippen LogP contribution in [0.5, 0.6) is 0 Å². The number of hydrogen-bond donors (Lipinski definition) is 2. The number of aromatic nitrogens is 1. The topological polar surface area (TPSA) is 149 Å². The van der Waals surface area contributed by atoms with Crippen LogP contribution in [0.2, 0.25) is 0 Å². The van der Waals surface area contributed by atoms with Gasteiger partial charge in [-0.15, -0.1) is 23.1 Å². The van der Waals surface area contributed by atoms with Crippen molar-refractivity contribution in [2.75, 3.05) is 24.8 Å². The molecule has 9 rings (SSSR count). The molecule has 6 aromatic rings. The Morgan fingerprint density at radius 2 is 1.38 bits per heavy atom. The average Bonchev–Trinajstić information content (AvgIpc) is 3.99. The van der Waals surface area contributed by atoms with Crippen LogP contribution in [0.4, 0.5) is 5.13 Å². The molecule has 0 saturated carbocycles. The summed E-state index contributed by atoms with van der Waals surface area (Å²) in [6, 6.07) is 47.8. The van der Waals surface area contributed by atoms with Gasteiger partial charge in [0, 0.05) is 23.1 Å². The molecule has 3 aliphatic rings. The van der Waals surface area contributed by atoms with E-state index in [4.69, 9.17) is 19.3 Å². The predicted octanol–water partition coefficient (Wildman–Crippen LogP) is 7.76. The van der Waals surface area contributed by atoms with E-state index < -0.39 is 46.8 Å². The fraction of sp³-hybridized carbons (Fsp3) is 0.160. The van der Waals surface area contributed by atoms with Crippen LogP contribution in [0, 0.1) is 0 Å². The minimum atomic E-state index is -1.04. The van der Waals surface area contributed by atoms with Gasteiger partial charge in [-0.25, -0.2) is 14.6 Å². The fourth-order valence-corrected chi connectivity index (χ4v) is 10.2. The van der Waals surface area contributed by atoms with E-state index in [0.29, 0.717) is 22.7 Å². The number of thioether (sulfide) groups is 1. The van der Waals surface area contributed by atoms with Gasteiger partial charge in [0.1, 0.15) is 35.5 Å². The zero-order valence-electron chi connectivity index (χ0n) is 34.5. The van der Waals surface area contributed by atoms with Gasteiger partial charge >= 0.3 is 11.9 Å². The number of nitrogens with zero attached hydrogens (tertiary/aromatic N) is 3. The van der Waals surface area contributed by atoms with E-state index in [9.17, 15) is 19.2 Å². The Morgan fingerprint density at radius 3 is 1.89 bits per heavy atom. The number of cyclic esters (lactones) is 1. The van der Waals surface area contributed by atoms with Crippen molar-refractivity contribution in [3.8, 4) is 0 Å². The quantitative estimate of drug-likeness (QED) is 0.0278. The van der Waals surface area contributed by atoms with E-state index in [-0.39, 0.29) is 29.5 Å². The van der Waals surface area contributed by atoms with Crippen molar-refractivity contribution in [3.05, 3.63) is 213 Å². The Balaban J connectivity index is 0.992. The normalized spacial score (nSPS) is 18.0. The molecular formula is C50H41N5O7S2. The van der Waals surface area contributed by atoms with Crippen LogP contribution in [0.3, 0.4) is 0 Å². The number of fused-ring (bicyclic) bond motifs is 1. The molecule has 0 unspecified atom stereocenters. The largest absolute Gasteiger partial charge is 0.462 e. The lowest BCUT2D eigenvalue weighted by atomic mass is 9.77. The van der Waals surface area contributed by atoms with E-state index in [1.165, 1.54) is 35.1 Å². The Bertz CT molecular complexity index is 2630. The van der Waals surface area contributed by atoms with Gasteiger partial charge in [0.2, 0.25) is 0 Å². The number of carbonyl (C=O) groups excluding carboxylic acids is 4. The molecular weight excluding hydrogens is 847 g/mol. The summed E-state index contributed by atoms with van der Waals surface area (Å²) < 4.78 is 11.4. The first kappa shape index (κ1) is 42.0. The molecule has 12 nitrogen and oxygen atoms in total. The summed E-state index contributed by atoms with van der Waals surface area (Å²) >= 11 is 2.64. The summed E-state index contributed by atoms with van der Waals surface area (Å²) in [5, 5.41) is 12.2. The highest BCUT2D eigenvalue weighted by molar-refractivity contribution is 8.00. The van der Waals surface area contributed by atoms with Gasteiger partial charge < -0.3 is 24.9 Å². The lowest BCUT2D eigenvalue weighted by Crippen LogP contribution is -2.71. The number of thiazole rings is 1. The molecule has 2 N–H and O–H groups in total. The van der Waals surface area contributed by atoms with Crippen LogP contribution in [0.25, 0.3) is 0 Å². The second kappa shape index (κ2) is 18.6. The zero-order chi connectivity index (χ0) is 44.0. The highest BCUT2D eigenvalue weighted by Gasteiger charge is 2.55. The predicted molar refractivity (Wildman–Crippen MR) is 245 cm³/mol. The van der Waals surface area contributed by atoms with Crippen LogP contribution in [0.1, 0.15) is 46.0 Å². The molecule has 0 aliphatic carbocycles. The number of carbonyl (C=O) groups is 4. The fourth-order valence-electron chi connectivity index (χ4n) is 8.17. The molecule has 0 bridgehead atoms. The van der Waals surface area contributed by atoms with Gasteiger partial charge in [-0.3, -0.25) is 14.5 Å². The molecule has 2 amide bonds. The Hall–Kier alpha value is -7.29. The van der Waals surface area contributed by atoms with Crippen molar-refractivity contribution >= 4 is 57.7 Å². The first-order chi connectivity index (χ1) is 31.4. The summed E-state index contributed by atoms with van der Waals surface area (Å²) in [5.41, 5.74) is 4.44. The summed E-state index contributed by atoms with van der Waals surface area (Å²) in [4.78, 5) is 66.9. The maximum absolute atomic E-state index is 14.5. The highest BCUT2D eigenvalue weighted by Crippen LogP contribution is 2.44. The molecule has 0 radical (unpaired) electrons. The van der Waals surface area contributed by atoms with E-state index in [0.717, 1.165) is 27.8 Å². The van der Waals surface area contributed by atoms with Gasteiger partial charge in [0.15, 0.2) is 16.9 Å². The van der Waals surface area contributed by atoms with Gasteiger partial charge in [-0.2, -0.15) is 0 Å². The Labute approximate surface area is 377 Å². The van der Waals surface area contributed by atoms with E-state index >= 15 is 0 Å². The van der Waals surface area contributed by atoms with Gasteiger partial charge in [0.25, 0.3) is 11.8 Å². The molecule has 64 heavy (non-hydrogen) atoms. The third-order valence-electron chi connectivity index (χ3n) is 11.2. The molecule has 14 heteroatoms. The molecule has 0 spiro atoms. The Morgan fingerprint density at radius 1 is 0.828 bits per heavy atom. The van der Waals surface area contributed by atoms with Gasteiger partial charge in [0.05, 0.1) is 6.61 Å². The second-order valence-corrected chi connectivity index (χ2v) is 17.0. The summed E-state index contributed by atoms with van der Waals surface area (Å²) in [7, 11) is 1.33. The molecule has 3 aliphatic heterocycles. The van der Waals surface area contributed by atoms with Crippen molar-refractivity contribution in [1.82, 2.24) is 15.2 Å². The van der Waals surface area contributed by atoms with Crippen LogP contribution in [-0.4, -0.2) is 70.2 Å². The lowest BCUT2D eigenvalue weighted by molar-refractivity contribution is -0.154. The number of benzene rings is 5. The number of anilines is 1. The van der Waals surface area contributed by atoms with E-state index in [1.807, 2.05) is 115 Å². The number of allylic oxidation sites excluding steroid dienone is 1. The summed E-state index contributed by atoms with van der Waals surface area (Å²) in [6.07, 6.45) is 1.19. The summed E-state index contributed by atoms with van der Waals surface area (Å²) in [5.74, 6) is -2.21. The standard InChI is InChI=1S/C50H41N5O7S2/c1-60-54-40(39-31-64-49(51-39)53-50(36-21-11-4-12-22-36,37-23-13-5-14-24-37)38-25-15-6-16-26-38)44(56)52-41-45(57)55-42(35(30-63-46(41)55)29-34-27-28-61-47(34)58)48(59)62-43(32-17-7-2-8-18-32)33-19-9-3-10-20-33/h2-26,29,31,41,43,46H,27-28,30H2,1H3,(H,51,53)(H,52,56)/t41-,46+/m1/s1. The van der Waals surface area contributed by atoms with Crippen LogP contribution >= 0.6 is 23.1 Å². The average molecular weight is 888 g/mol. The number of rotatable bonds is 14. The van der Waals surface area contributed by atoms with Crippen LogP contribution in [0.15, 0.2) is 185 Å². The minimum Gasteiger partial charge on any atom is -0.462 e. The van der Waals surface area contributed by atoms with Crippen LogP contribution in [-0.2, 0) is 39.0 Å². The van der Waals surface area contributed by atoms with E-state index in [2.05, 4.69) is 52.2 Å². The molecule has 2 fully saturated rings. The zero-order valence-corrected chi connectivity index (χ0v) is 36.1. The third-order valence-corrected chi connectivity index (χ3v) is 13.2. The third kappa shape index (κ3) is 8.20. The maximum Gasteiger partial charge on any atom is 0.356 e. The highest BCUT2D eigenvalue weighted by atomic mass is 32.2. The number of ether oxygens (including phenoxy) is 2. The number of amides is 2. The molecule has 2 saturated heterocycles. The molecule has 4 heterocycles. The number of hydrogen-bond acceptors (Lipinski definition) is 12. The molecule has 5 aromatic carbocycles. The van der Waals surface area contributed by atoms with Crippen molar-refractivity contribution in [2.45, 2.75) is 29.5 Å². The monoisotopic (exact) mass is 887 g/mol. The number of esters is 2. The first-order valence-corrected chi connectivity index (χ1v) is 22.5. The minimum absolute atomic E-state index is 0.00282. The second-order valence-electron chi connectivity index (χ2n) is 15.0. The number of nitrogens with one attached hydrogen (secondary N) is 2. The van der Waals surface area contributed by atoms with E-state index in [1.54, 1.807) is 11.5 Å². The van der Waals surface area contributed by atoms with Crippen molar-refractivity contribution in [2.24, 2.45) is 5.16 Å². The van der Waals surface area contributed by atoms with Gasteiger partial charge in [-0.05, 0) is 39.5 Å². The van der Waals surface area contributed by atoms with Crippen molar-refractivity contribution in [1.29, 1.82) is 0 Å². The lowest BCUT2D eigenvalue weighted by Gasteiger charge is -2.49. The number of β-lactam (4-membered cyclic amide) rings is 1. The van der Waals surface area contributed by atoms with Crippen molar-refractivity contribution in [3.63, 3.8) is 0 Å². The SMILES string of the molecule is CON=C(C(=O)N[C@@H]1C(=O)N2C(C(=O)OC(c3ccccc3)c3ccccc3)=C(C=C3CCOC3=O)CS[C@@H]12)c1csc(NC(c2ccccc2)(c2ccccc2)c2ccccc2)n1. The van der Waals surface area contributed by atoms with Crippen LogP contribution < -0.4 is 10.6 Å². The molecule has 320 valence electrons. The maximum atomic E-state index is 14.5. The smallest absolute Gasteiger partial charge is 0.356 e. The van der Waals surface area contributed by atoms with Gasteiger partial charge in [-0.1, -0.05) is 157 Å².